The van der Waals surface area contributed by atoms with Crippen molar-refractivity contribution in [3.05, 3.63) is 44.6 Å². The molecule has 1 aliphatic rings. The van der Waals surface area contributed by atoms with Crippen LogP contribution in [0.3, 0.4) is 0 Å². The van der Waals surface area contributed by atoms with E-state index in [1.165, 1.54) is 4.88 Å². The zero-order chi connectivity index (χ0) is 13.2. The van der Waals surface area contributed by atoms with Crippen molar-refractivity contribution >= 4 is 38.9 Å². The molecule has 0 radical (unpaired) electrons. The summed E-state index contributed by atoms with van der Waals surface area (Å²) in [6.07, 6.45) is 1.33. The van der Waals surface area contributed by atoms with Crippen molar-refractivity contribution in [2.45, 2.75) is 19.4 Å². The summed E-state index contributed by atoms with van der Waals surface area (Å²) >= 11 is 5.10. The Bertz CT molecular complexity index is 624. The number of rotatable bonds is 3. The van der Waals surface area contributed by atoms with Crippen molar-refractivity contribution in [1.29, 1.82) is 0 Å². The van der Waals surface area contributed by atoms with Gasteiger partial charge in [-0.2, -0.15) is 0 Å². The lowest BCUT2D eigenvalue weighted by molar-refractivity contribution is -0.116. The van der Waals surface area contributed by atoms with Gasteiger partial charge in [0.2, 0.25) is 5.91 Å². The zero-order valence-corrected chi connectivity index (χ0v) is 12.5. The zero-order valence-electron chi connectivity index (χ0n) is 10.1. The monoisotopic (exact) mass is 337 g/mol. The second-order valence-electron chi connectivity index (χ2n) is 4.39. The summed E-state index contributed by atoms with van der Waals surface area (Å²) in [7, 11) is 0. The number of amides is 1. The number of hydrogen-bond donors (Lipinski definition) is 1. The molecule has 1 aromatic heterocycles. The predicted molar refractivity (Wildman–Crippen MR) is 79.7 cm³/mol. The summed E-state index contributed by atoms with van der Waals surface area (Å²) < 4.78 is 6.86. The molecule has 2 aromatic rings. The fourth-order valence-electron chi connectivity index (χ4n) is 2.03. The van der Waals surface area contributed by atoms with E-state index in [9.17, 15) is 4.79 Å². The molecule has 3 rings (SSSR count). The van der Waals surface area contributed by atoms with Crippen molar-refractivity contribution in [2.75, 3.05) is 5.32 Å². The van der Waals surface area contributed by atoms with Crippen LogP contribution < -0.4 is 10.1 Å². The molecule has 0 saturated heterocycles. The van der Waals surface area contributed by atoms with Crippen LogP contribution in [0.1, 0.15) is 16.9 Å². The van der Waals surface area contributed by atoms with E-state index in [4.69, 9.17) is 4.74 Å². The summed E-state index contributed by atoms with van der Waals surface area (Å²) in [6, 6.07) is 7.87. The first kappa shape index (κ1) is 12.7. The van der Waals surface area contributed by atoms with Crippen LogP contribution >= 0.6 is 27.3 Å². The van der Waals surface area contributed by atoms with Gasteiger partial charge >= 0.3 is 0 Å². The Morgan fingerprint density at radius 2 is 2.21 bits per heavy atom. The molecule has 1 aromatic carbocycles. The van der Waals surface area contributed by atoms with Crippen LogP contribution in [0.15, 0.2) is 34.1 Å². The van der Waals surface area contributed by atoms with Gasteiger partial charge in [-0.15, -0.1) is 11.3 Å². The number of benzene rings is 1. The predicted octanol–water partition coefficient (Wildman–Crippen LogP) is 3.97. The lowest BCUT2D eigenvalue weighted by Gasteiger charge is -2.17. The van der Waals surface area contributed by atoms with Crippen LogP contribution in [-0.2, 0) is 17.8 Å². The third-order valence-corrected chi connectivity index (χ3v) is 4.65. The van der Waals surface area contributed by atoms with Gasteiger partial charge in [-0.3, -0.25) is 4.79 Å². The van der Waals surface area contributed by atoms with E-state index in [-0.39, 0.29) is 5.91 Å². The van der Waals surface area contributed by atoms with Crippen LogP contribution in [0, 0.1) is 0 Å². The number of nitrogens with one attached hydrogen (secondary N) is 1. The van der Waals surface area contributed by atoms with E-state index in [2.05, 4.69) is 27.3 Å². The fraction of sp³-hybridized carbons (Fsp3) is 0.214. The van der Waals surface area contributed by atoms with Crippen molar-refractivity contribution in [2.24, 2.45) is 0 Å². The second kappa shape index (κ2) is 5.35. The number of ether oxygens (including phenoxy) is 1. The van der Waals surface area contributed by atoms with E-state index >= 15 is 0 Å². The van der Waals surface area contributed by atoms with E-state index in [1.807, 2.05) is 23.6 Å². The van der Waals surface area contributed by atoms with Gasteiger partial charge in [0.1, 0.15) is 12.4 Å². The van der Waals surface area contributed by atoms with E-state index in [1.54, 1.807) is 11.3 Å². The van der Waals surface area contributed by atoms with Crippen molar-refractivity contribution in [1.82, 2.24) is 0 Å². The number of fused-ring (bicyclic) bond motifs is 1. The van der Waals surface area contributed by atoms with Gasteiger partial charge in [0.25, 0.3) is 0 Å². The summed E-state index contributed by atoms with van der Waals surface area (Å²) in [4.78, 5) is 12.5. The van der Waals surface area contributed by atoms with Crippen molar-refractivity contribution < 1.29 is 9.53 Å². The molecule has 98 valence electrons. The minimum Gasteiger partial charge on any atom is -0.488 e. The molecule has 0 aliphatic carbocycles. The van der Waals surface area contributed by atoms with Crippen LogP contribution in [0.2, 0.25) is 0 Å². The van der Waals surface area contributed by atoms with E-state index in [0.717, 1.165) is 27.9 Å². The maximum atomic E-state index is 11.3. The van der Waals surface area contributed by atoms with Gasteiger partial charge < -0.3 is 10.1 Å². The lowest BCUT2D eigenvalue weighted by Crippen LogP contribution is -2.18. The molecule has 0 saturated carbocycles. The van der Waals surface area contributed by atoms with Gasteiger partial charge in [-0.25, -0.2) is 0 Å². The highest BCUT2D eigenvalue weighted by molar-refractivity contribution is 9.10. The summed E-state index contributed by atoms with van der Waals surface area (Å²) in [5.74, 6) is 0.934. The number of anilines is 1. The molecule has 2 heterocycles. The van der Waals surface area contributed by atoms with Crippen molar-refractivity contribution in [3.63, 3.8) is 0 Å². The van der Waals surface area contributed by atoms with Crippen LogP contribution in [-0.4, -0.2) is 5.91 Å². The maximum absolute atomic E-state index is 11.3. The van der Waals surface area contributed by atoms with Gasteiger partial charge in [0.05, 0.1) is 0 Å². The highest BCUT2D eigenvalue weighted by atomic mass is 79.9. The summed E-state index contributed by atoms with van der Waals surface area (Å²) in [5.41, 5.74) is 2.05. The number of aryl methyl sites for hydroxylation is 1. The highest BCUT2D eigenvalue weighted by Crippen LogP contribution is 2.28. The minimum atomic E-state index is 0.0876. The van der Waals surface area contributed by atoms with Crippen molar-refractivity contribution in [3.8, 4) is 5.75 Å². The molecule has 1 N–H and O–H groups in total. The Kier molecular flexibility index (Phi) is 3.57. The molecular weight excluding hydrogens is 326 g/mol. The van der Waals surface area contributed by atoms with Gasteiger partial charge in [0, 0.05) is 26.8 Å². The normalized spacial score (nSPS) is 13.8. The Morgan fingerprint density at radius 1 is 1.32 bits per heavy atom. The molecule has 0 unspecified atom stereocenters. The van der Waals surface area contributed by atoms with Gasteiger partial charge in [0.15, 0.2) is 0 Å². The number of carbonyl (C=O) groups excluding carboxylic acids is 1. The van der Waals surface area contributed by atoms with Gasteiger partial charge in [-0.1, -0.05) is 0 Å². The average Bonchev–Trinajstić information content (AvgIpc) is 2.82. The fourth-order valence-corrected chi connectivity index (χ4v) is 3.40. The number of carbonyl (C=O) groups is 1. The topological polar surface area (TPSA) is 38.3 Å². The number of halogens is 1. The Hall–Kier alpha value is -1.33. The standard InChI is InChI=1S/C14H12BrNO2S/c15-10-6-12(19-8-10)7-18-11-2-3-13-9(5-11)1-4-14(17)16-13/h2-3,5-6,8H,1,4,7H2,(H,16,17). The molecule has 3 nitrogen and oxygen atoms in total. The maximum Gasteiger partial charge on any atom is 0.224 e. The molecule has 0 atom stereocenters. The van der Waals surface area contributed by atoms with Gasteiger partial charge in [-0.05, 0) is 52.2 Å². The van der Waals surface area contributed by atoms with Crippen LogP contribution in [0.5, 0.6) is 5.75 Å². The summed E-state index contributed by atoms with van der Waals surface area (Å²) in [6.45, 7) is 0.571. The largest absolute Gasteiger partial charge is 0.488 e. The first-order valence-electron chi connectivity index (χ1n) is 5.99. The number of hydrogen-bond acceptors (Lipinski definition) is 3. The van der Waals surface area contributed by atoms with E-state index in [0.29, 0.717) is 13.0 Å². The Labute approximate surface area is 123 Å². The minimum absolute atomic E-state index is 0.0876. The van der Waals surface area contributed by atoms with E-state index < -0.39 is 0 Å². The highest BCUT2D eigenvalue weighted by Gasteiger charge is 2.15. The molecule has 1 amide bonds. The molecule has 19 heavy (non-hydrogen) atoms. The lowest BCUT2D eigenvalue weighted by atomic mass is 10.0. The average molecular weight is 338 g/mol. The SMILES string of the molecule is O=C1CCc2cc(OCc3cc(Br)cs3)ccc2N1. The molecular formula is C14H12BrNO2S. The molecule has 0 spiro atoms. The molecule has 5 heteroatoms. The first-order chi connectivity index (χ1) is 9.20. The first-order valence-corrected chi connectivity index (χ1v) is 7.66. The second-order valence-corrected chi connectivity index (χ2v) is 6.30. The molecule has 1 aliphatic heterocycles. The number of thiophene rings is 1. The molecule has 0 bridgehead atoms. The van der Waals surface area contributed by atoms with Crippen LogP contribution in [0.4, 0.5) is 5.69 Å². The van der Waals surface area contributed by atoms with Crippen LogP contribution in [0.25, 0.3) is 0 Å². The molecule has 0 fully saturated rings. The quantitative estimate of drug-likeness (QED) is 0.920. The third kappa shape index (κ3) is 2.98. The Balaban J connectivity index is 1.70. The summed E-state index contributed by atoms with van der Waals surface area (Å²) in [5, 5.41) is 4.91. The Morgan fingerprint density at radius 3 is 3.00 bits per heavy atom. The third-order valence-electron chi connectivity index (χ3n) is 2.98. The smallest absolute Gasteiger partial charge is 0.224 e.